The maximum atomic E-state index is 13.9. The molecule has 1 amide bonds. The van der Waals surface area contributed by atoms with E-state index in [4.69, 9.17) is 0 Å². The van der Waals surface area contributed by atoms with Crippen LogP contribution < -0.4 is 5.32 Å². The van der Waals surface area contributed by atoms with Crippen molar-refractivity contribution in [2.75, 3.05) is 0 Å². The van der Waals surface area contributed by atoms with Gasteiger partial charge in [0.25, 0.3) is 5.91 Å². The quantitative estimate of drug-likeness (QED) is 0.848. The van der Waals surface area contributed by atoms with Crippen LogP contribution in [-0.4, -0.2) is 23.0 Å². The van der Waals surface area contributed by atoms with Crippen LogP contribution in [-0.2, 0) is 11.2 Å². The third-order valence-corrected chi connectivity index (χ3v) is 3.82. The lowest BCUT2D eigenvalue weighted by Crippen LogP contribution is -2.45. The minimum absolute atomic E-state index is 0.105. The molecule has 0 aliphatic carbocycles. The number of nitrogens with one attached hydrogen (secondary N) is 1. The largest absolute Gasteiger partial charge is 0.480 e. The van der Waals surface area contributed by atoms with Crippen molar-refractivity contribution in [3.63, 3.8) is 0 Å². The van der Waals surface area contributed by atoms with Gasteiger partial charge in [0, 0.05) is 0 Å². The lowest BCUT2D eigenvalue weighted by atomic mass is 9.98. The van der Waals surface area contributed by atoms with E-state index < -0.39 is 23.7 Å². The smallest absolute Gasteiger partial charge is 0.326 e. The molecule has 2 N–H and O–H groups in total. The number of carboxylic acids is 1. The second-order valence-corrected chi connectivity index (χ2v) is 5.29. The predicted molar refractivity (Wildman–Crippen MR) is 78.9 cm³/mol. The van der Waals surface area contributed by atoms with Crippen LogP contribution in [0.15, 0.2) is 12.1 Å². The van der Waals surface area contributed by atoms with Crippen LogP contribution in [0, 0.1) is 18.7 Å². The Labute approximate surface area is 124 Å². The van der Waals surface area contributed by atoms with Crippen molar-refractivity contribution in [3.8, 4) is 0 Å². The van der Waals surface area contributed by atoms with E-state index in [9.17, 15) is 19.1 Å². The van der Waals surface area contributed by atoms with E-state index in [1.807, 2.05) is 13.8 Å². The monoisotopic (exact) mass is 295 g/mol. The highest BCUT2D eigenvalue weighted by molar-refractivity contribution is 5.97. The van der Waals surface area contributed by atoms with E-state index >= 15 is 0 Å². The molecule has 0 heterocycles. The van der Waals surface area contributed by atoms with Crippen molar-refractivity contribution in [1.82, 2.24) is 5.32 Å². The van der Waals surface area contributed by atoms with Gasteiger partial charge in [-0.05, 0) is 42.5 Å². The average molecular weight is 295 g/mol. The highest BCUT2D eigenvalue weighted by Gasteiger charge is 2.27. The first-order chi connectivity index (χ1) is 9.81. The van der Waals surface area contributed by atoms with Gasteiger partial charge in [-0.3, -0.25) is 4.79 Å². The zero-order chi connectivity index (χ0) is 16.2. The molecule has 0 saturated heterocycles. The number of rotatable bonds is 6. The van der Waals surface area contributed by atoms with Crippen LogP contribution in [0.5, 0.6) is 0 Å². The number of carbonyl (C=O) groups excluding carboxylic acids is 1. The predicted octanol–water partition coefficient (Wildman–Crippen LogP) is 2.93. The molecule has 116 valence electrons. The van der Waals surface area contributed by atoms with Gasteiger partial charge in [-0.2, -0.15) is 0 Å². The van der Waals surface area contributed by atoms with Gasteiger partial charge in [-0.15, -0.1) is 0 Å². The lowest BCUT2D eigenvalue weighted by molar-refractivity contribution is -0.140. The summed E-state index contributed by atoms with van der Waals surface area (Å²) in [5.41, 5.74) is 1.55. The summed E-state index contributed by atoms with van der Waals surface area (Å²) in [6.45, 7) is 7.28. The zero-order valence-corrected chi connectivity index (χ0v) is 12.9. The van der Waals surface area contributed by atoms with E-state index in [1.54, 1.807) is 13.8 Å². The molecule has 2 atom stereocenters. The number of benzene rings is 1. The number of aryl methyl sites for hydroxylation is 2. The van der Waals surface area contributed by atoms with Gasteiger partial charge in [0.1, 0.15) is 11.9 Å². The van der Waals surface area contributed by atoms with Crippen molar-refractivity contribution in [2.45, 2.75) is 46.6 Å². The van der Waals surface area contributed by atoms with Gasteiger partial charge >= 0.3 is 5.97 Å². The maximum Gasteiger partial charge on any atom is 0.326 e. The van der Waals surface area contributed by atoms with Crippen LogP contribution in [0.4, 0.5) is 4.39 Å². The first-order valence-electron chi connectivity index (χ1n) is 7.14. The Hall–Kier alpha value is -1.91. The average Bonchev–Trinajstić information content (AvgIpc) is 2.43. The highest BCUT2D eigenvalue weighted by Crippen LogP contribution is 2.17. The Kier molecular flexibility index (Phi) is 5.88. The topological polar surface area (TPSA) is 66.4 Å². The fourth-order valence-electron chi connectivity index (χ4n) is 2.17. The number of halogens is 1. The number of aliphatic carboxylic acids is 1. The summed E-state index contributed by atoms with van der Waals surface area (Å²) in [5.74, 6) is -2.66. The highest BCUT2D eigenvalue weighted by atomic mass is 19.1. The first-order valence-corrected chi connectivity index (χ1v) is 7.14. The molecule has 5 heteroatoms. The van der Waals surface area contributed by atoms with Gasteiger partial charge in [0.05, 0.1) is 5.56 Å². The van der Waals surface area contributed by atoms with E-state index in [0.29, 0.717) is 12.8 Å². The van der Waals surface area contributed by atoms with Crippen molar-refractivity contribution in [2.24, 2.45) is 5.92 Å². The molecule has 0 bridgehead atoms. The molecule has 0 fully saturated rings. The Balaban J connectivity index is 3.05. The lowest BCUT2D eigenvalue weighted by Gasteiger charge is -2.20. The summed E-state index contributed by atoms with van der Waals surface area (Å²) in [7, 11) is 0. The molecule has 1 aromatic carbocycles. The van der Waals surface area contributed by atoms with Gasteiger partial charge in [0.2, 0.25) is 0 Å². The minimum atomic E-state index is -1.11. The molecule has 1 rings (SSSR count). The number of hydrogen-bond donors (Lipinski definition) is 2. The molecule has 0 aliphatic rings. The molecular weight excluding hydrogens is 273 g/mol. The molecular formula is C16H22FNO3. The SMILES string of the molecule is CCc1cc(C(=O)NC(C(=O)O)C(C)CC)c(F)cc1C. The second kappa shape index (κ2) is 7.20. The van der Waals surface area contributed by atoms with E-state index in [-0.39, 0.29) is 11.5 Å². The molecule has 2 unspecified atom stereocenters. The Morgan fingerprint density at radius 1 is 1.33 bits per heavy atom. The Bertz CT molecular complexity index is 543. The molecule has 1 aromatic rings. The molecule has 21 heavy (non-hydrogen) atoms. The molecule has 0 aliphatic heterocycles. The standard InChI is InChI=1S/C16H22FNO3/c1-5-9(3)14(16(20)21)18-15(19)12-8-11(6-2)10(4)7-13(12)17/h7-9,14H,5-6H2,1-4H3,(H,18,19)(H,20,21). The number of amides is 1. The summed E-state index contributed by atoms with van der Waals surface area (Å²) >= 11 is 0. The first kappa shape index (κ1) is 17.1. The fourth-order valence-corrected chi connectivity index (χ4v) is 2.17. The molecule has 0 spiro atoms. The Morgan fingerprint density at radius 2 is 1.95 bits per heavy atom. The maximum absolute atomic E-state index is 13.9. The normalized spacial score (nSPS) is 13.6. The Morgan fingerprint density at radius 3 is 2.43 bits per heavy atom. The summed E-state index contributed by atoms with van der Waals surface area (Å²) in [6.07, 6.45) is 1.29. The summed E-state index contributed by atoms with van der Waals surface area (Å²) in [5, 5.41) is 11.6. The third kappa shape index (κ3) is 4.03. The van der Waals surface area contributed by atoms with Crippen LogP contribution in [0.25, 0.3) is 0 Å². The van der Waals surface area contributed by atoms with Crippen LogP contribution in [0.3, 0.4) is 0 Å². The number of carbonyl (C=O) groups is 2. The molecule has 0 aromatic heterocycles. The van der Waals surface area contributed by atoms with Gasteiger partial charge in [0.15, 0.2) is 0 Å². The zero-order valence-electron chi connectivity index (χ0n) is 12.9. The summed E-state index contributed by atoms with van der Waals surface area (Å²) in [6, 6.07) is 1.79. The van der Waals surface area contributed by atoms with Gasteiger partial charge in [-0.1, -0.05) is 27.2 Å². The number of carboxylic acid groups (broad SMARTS) is 1. The fraction of sp³-hybridized carbons (Fsp3) is 0.500. The summed E-state index contributed by atoms with van der Waals surface area (Å²) in [4.78, 5) is 23.4. The van der Waals surface area contributed by atoms with Gasteiger partial charge in [-0.25, -0.2) is 9.18 Å². The van der Waals surface area contributed by atoms with Crippen molar-refractivity contribution in [3.05, 3.63) is 34.6 Å². The minimum Gasteiger partial charge on any atom is -0.480 e. The molecule has 0 saturated carbocycles. The van der Waals surface area contributed by atoms with E-state index in [1.165, 1.54) is 12.1 Å². The van der Waals surface area contributed by atoms with Gasteiger partial charge < -0.3 is 10.4 Å². The van der Waals surface area contributed by atoms with Crippen molar-refractivity contribution < 1.29 is 19.1 Å². The number of hydrogen-bond acceptors (Lipinski definition) is 2. The van der Waals surface area contributed by atoms with E-state index in [2.05, 4.69) is 5.32 Å². The van der Waals surface area contributed by atoms with Crippen LogP contribution >= 0.6 is 0 Å². The summed E-state index contributed by atoms with van der Waals surface area (Å²) < 4.78 is 13.9. The second-order valence-electron chi connectivity index (χ2n) is 5.29. The van der Waals surface area contributed by atoms with Crippen molar-refractivity contribution in [1.29, 1.82) is 0 Å². The van der Waals surface area contributed by atoms with Crippen LogP contribution in [0.1, 0.15) is 48.7 Å². The molecule has 0 radical (unpaired) electrons. The third-order valence-electron chi connectivity index (χ3n) is 3.82. The van der Waals surface area contributed by atoms with Crippen molar-refractivity contribution >= 4 is 11.9 Å². The van der Waals surface area contributed by atoms with Crippen LogP contribution in [0.2, 0.25) is 0 Å². The van der Waals surface area contributed by atoms with E-state index in [0.717, 1.165) is 11.1 Å². The molecule has 4 nitrogen and oxygen atoms in total.